The van der Waals surface area contributed by atoms with E-state index in [9.17, 15) is 0 Å². The number of imidazole rings is 1. The number of hydrogen-bond donors (Lipinski definition) is 0. The number of hydrogen-bond acceptors (Lipinski definition) is 2. The van der Waals surface area contributed by atoms with Crippen molar-refractivity contribution in [3.05, 3.63) is 11.5 Å². The average Bonchev–Trinajstić information content (AvgIpc) is 2.98. The van der Waals surface area contributed by atoms with Crippen LogP contribution in [0.5, 0.6) is 0 Å². The van der Waals surface area contributed by atoms with Gasteiger partial charge in [-0.3, -0.25) is 4.68 Å². The highest BCUT2D eigenvalue weighted by Crippen LogP contribution is 2.27. The highest BCUT2D eigenvalue weighted by molar-refractivity contribution is 6.16. The Bertz CT molecular complexity index is 585. The van der Waals surface area contributed by atoms with Crippen LogP contribution in [0.15, 0.2) is 0 Å². The topological polar surface area (TPSA) is 35.6 Å². The van der Waals surface area contributed by atoms with Crippen LogP contribution in [0.25, 0.3) is 11.2 Å². The van der Waals surface area contributed by atoms with Crippen LogP contribution in [0.2, 0.25) is 0 Å². The van der Waals surface area contributed by atoms with Gasteiger partial charge in [0.2, 0.25) is 0 Å². The fourth-order valence-electron chi connectivity index (χ4n) is 3.03. The number of alkyl halides is 1. The Balaban J connectivity index is 2.40. The normalized spacial score (nSPS) is 13.2. The first kappa shape index (κ1) is 16.3. The van der Waals surface area contributed by atoms with E-state index in [0.29, 0.717) is 11.9 Å². The molecular weight excluding hydrogens is 284 g/mol. The van der Waals surface area contributed by atoms with Crippen molar-refractivity contribution in [3.8, 4) is 0 Å². The van der Waals surface area contributed by atoms with Gasteiger partial charge in [-0.1, -0.05) is 39.5 Å². The number of fused-ring (bicyclic) bond motifs is 1. The molecule has 2 aromatic heterocycles. The van der Waals surface area contributed by atoms with Gasteiger partial charge in [-0.05, 0) is 19.8 Å². The number of aromatic nitrogens is 4. The zero-order chi connectivity index (χ0) is 15.4. The Morgan fingerprint density at radius 3 is 2.57 bits per heavy atom. The average molecular weight is 311 g/mol. The quantitative estimate of drug-likeness (QED) is 0.527. The molecule has 0 aliphatic rings. The van der Waals surface area contributed by atoms with Crippen molar-refractivity contribution >= 4 is 22.8 Å². The molecule has 0 fully saturated rings. The molecule has 1 unspecified atom stereocenters. The van der Waals surface area contributed by atoms with E-state index >= 15 is 0 Å². The Hall–Kier alpha value is -1.03. The van der Waals surface area contributed by atoms with Gasteiger partial charge in [0.15, 0.2) is 5.65 Å². The van der Waals surface area contributed by atoms with Gasteiger partial charge in [0.05, 0.1) is 11.6 Å². The van der Waals surface area contributed by atoms with Crippen molar-refractivity contribution in [1.29, 1.82) is 0 Å². The third-order valence-electron chi connectivity index (χ3n) is 4.08. The van der Waals surface area contributed by atoms with Gasteiger partial charge in [-0.15, -0.1) is 11.6 Å². The van der Waals surface area contributed by atoms with Gasteiger partial charge in [0.1, 0.15) is 11.3 Å². The van der Waals surface area contributed by atoms with Crippen LogP contribution >= 0.6 is 11.6 Å². The lowest BCUT2D eigenvalue weighted by Crippen LogP contribution is -2.11. The van der Waals surface area contributed by atoms with Crippen LogP contribution < -0.4 is 0 Å². The third kappa shape index (κ3) is 3.25. The molecule has 0 bridgehead atoms. The lowest BCUT2D eigenvalue weighted by Gasteiger charge is -2.16. The maximum atomic E-state index is 6.13. The fourth-order valence-corrected chi connectivity index (χ4v) is 3.22. The predicted molar refractivity (Wildman–Crippen MR) is 88.9 cm³/mol. The van der Waals surface area contributed by atoms with E-state index in [1.165, 1.54) is 19.3 Å². The molecule has 1 atom stereocenters. The van der Waals surface area contributed by atoms with Crippen LogP contribution in [-0.2, 0) is 19.3 Å². The Kier molecular flexibility index (Phi) is 5.68. The molecule has 0 spiro atoms. The summed E-state index contributed by atoms with van der Waals surface area (Å²) >= 11 is 6.13. The van der Waals surface area contributed by atoms with E-state index in [1.54, 1.807) is 0 Å². The van der Waals surface area contributed by atoms with Crippen LogP contribution in [-0.4, -0.2) is 19.3 Å². The van der Waals surface area contributed by atoms with Crippen molar-refractivity contribution in [3.63, 3.8) is 0 Å². The molecule has 118 valence electrons. The number of rotatable bonds is 8. The van der Waals surface area contributed by atoms with Crippen molar-refractivity contribution in [2.45, 2.75) is 71.2 Å². The largest absolute Gasteiger partial charge is 0.309 e. The van der Waals surface area contributed by atoms with E-state index in [0.717, 1.165) is 41.9 Å². The van der Waals surface area contributed by atoms with Gasteiger partial charge in [0.25, 0.3) is 0 Å². The van der Waals surface area contributed by atoms with Gasteiger partial charge in [-0.25, -0.2) is 4.98 Å². The minimum atomic E-state index is 0.417. The summed E-state index contributed by atoms with van der Waals surface area (Å²) in [6.45, 7) is 6.68. The number of aryl methyl sites for hydroxylation is 2. The molecule has 0 saturated heterocycles. The van der Waals surface area contributed by atoms with E-state index in [-0.39, 0.29) is 0 Å². The van der Waals surface area contributed by atoms with E-state index in [1.807, 2.05) is 11.7 Å². The monoisotopic (exact) mass is 310 g/mol. The van der Waals surface area contributed by atoms with Crippen molar-refractivity contribution in [1.82, 2.24) is 19.3 Å². The van der Waals surface area contributed by atoms with Crippen LogP contribution in [0.1, 0.15) is 70.4 Å². The molecular formula is C16H27ClN4. The first-order chi connectivity index (χ1) is 10.1. The first-order valence-corrected chi connectivity index (χ1v) is 8.66. The van der Waals surface area contributed by atoms with Crippen LogP contribution in [0.3, 0.4) is 0 Å². The van der Waals surface area contributed by atoms with Crippen molar-refractivity contribution < 1.29 is 0 Å². The molecule has 0 aliphatic carbocycles. The zero-order valence-corrected chi connectivity index (χ0v) is 14.4. The molecule has 0 aliphatic heterocycles. The minimum Gasteiger partial charge on any atom is -0.309 e. The molecule has 2 aromatic rings. The summed E-state index contributed by atoms with van der Waals surface area (Å²) in [6.07, 6.45) is 7.00. The van der Waals surface area contributed by atoms with Crippen LogP contribution in [0, 0.1) is 0 Å². The summed E-state index contributed by atoms with van der Waals surface area (Å²) in [5.41, 5.74) is 3.26. The highest BCUT2D eigenvalue weighted by Gasteiger charge is 2.21. The third-order valence-corrected chi connectivity index (χ3v) is 4.32. The molecule has 0 N–H and O–H groups in total. The molecule has 21 heavy (non-hydrogen) atoms. The van der Waals surface area contributed by atoms with E-state index in [4.69, 9.17) is 16.6 Å². The minimum absolute atomic E-state index is 0.417. The summed E-state index contributed by atoms with van der Waals surface area (Å²) in [4.78, 5) is 4.77. The van der Waals surface area contributed by atoms with Gasteiger partial charge in [0, 0.05) is 13.1 Å². The Morgan fingerprint density at radius 1 is 1.19 bits per heavy atom. The summed E-state index contributed by atoms with van der Waals surface area (Å²) in [5, 5.41) is 4.64. The predicted octanol–water partition coefficient (Wildman–Crippen LogP) is 4.60. The van der Waals surface area contributed by atoms with Crippen molar-refractivity contribution in [2.24, 2.45) is 7.05 Å². The Morgan fingerprint density at radius 2 is 1.95 bits per heavy atom. The second kappa shape index (κ2) is 7.30. The van der Waals surface area contributed by atoms with Crippen LogP contribution in [0.4, 0.5) is 0 Å². The van der Waals surface area contributed by atoms with Crippen molar-refractivity contribution in [2.75, 3.05) is 0 Å². The maximum Gasteiger partial charge on any atom is 0.158 e. The Labute approximate surface area is 132 Å². The summed E-state index contributed by atoms with van der Waals surface area (Å²) in [6, 6.07) is 0.417. The summed E-state index contributed by atoms with van der Waals surface area (Å²) in [5.74, 6) is 1.43. The molecule has 0 radical (unpaired) electrons. The second-order valence-corrected chi connectivity index (χ2v) is 6.14. The SMILES string of the molecule is CCCCCC(C)n1c(CCl)nc2c(CCC)nn(C)c21. The number of unbranched alkanes of at least 4 members (excludes halogenated alkanes) is 2. The van der Waals surface area contributed by atoms with E-state index < -0.39 is 0 Å². The maximum absolute atomic E-state index is 6.13. The molecule has 2 heterocycles. The second-order valence-electron chi connectivity index (χ2n) is 5.87. The van der Waals surface area contributed by atoms with E-state index in [2.05, 4.69) is 30.4 Å². The number of nitrogens with zero attached hydrogens (tertiary/aromatic N) is 4. The first-order valence-electron chi connectivity index (χ1n) is 8.12. The lowest BCUT2D eigenvalue weighted by molar-refractivity contribution is 0.470. The summed E-state index contributed by atoms with van der Waals surface area (Å²) in [7, 11) is 2.01. The van der Waals surface area contributed by atoms with Gasteiger partial charge < -0.3 is 4.57 Å². The lowest BCUT2D eigenvalue weighted by atomic mass is 10.1. The molecule has 5 heteroatoms. The van der Waals surface area contributed by atoms with Gasteiger partial charge >= 0.3 is 0 Å². The molecule has 0 aromatic carbocycles. The molecule has 0 saturated carbocycles. The fraction of sp³-hybridized carbons (Fsp3) is 0.750. The highest BCUT2D eigenvalue weighted by atomic mass is 35.5. The molecule has 4 nitrogen and oxygen atoms in total. The standard InChI is InChI=1S/C16H27ClN4/c1-5-7-8-10-12(3)21-14(11-17)18-15-13(9-6-2)19-20(4)16(15)21/h12H,5-11H2,1-4H3. The zero-order valence-electron chi connectivity index (χ0n) is 13.7. The smallest absolute Gasteiger partial charge is 0.158 e. The number of halogens is 1. The summed E-state index contributed by atoms with van der Waals surface area (Å²) < 4.78 is 4.27. The molecule has 2 rings (SSSR count). The van der Waals surface area contributed by atoms with Gasteiger partial charge in [-0.2, -0.15) is 5.10 Å². The molecule has 0 amide bonds.